The molecule has 1 aromatic carbocycles. The SMILES string of the molecule is CC(C)Cc1ccc([C@H](C)CNC(=O)C23C[C@@H]4C[C@@H](CC(Cl)(C4)C2)C3)cc1. The molecule has 3 heteroatoms. The van der Waals surface area contributed by atoms with Crippen LogP contribution in [0.25, 0.3) is 0 Å². The molecule has 148 valence electrons. The number of hydrogen-bond acceptors (Lipinski definition) is 1. The van der Waals surface area contributed by atoms with Crippen molar-refractivity contribution >= 4 is 17.5 Å². The number of rotatable bonds is 6. The Kier molecular flexibility index (Phi) is 5.08. The Morgan fingerprint density at radius 3 is 2.30 bits per heavy atom. The minimum atomic E-state index is -0.188. The van der Waals surface area contributed by atoms with Crippen molar-refractivity contribution in [3.63, 3.8) is 0 Å². The van der Waals surface area contributed by atoms with Gasteiger partial charge in [-0.25, -0.2) is 0 Å². The van der Waals surface area contributed by atoms with Crippen molar-refractivity contribution in [2.24, 2.45) is 23.2 Å². The predicted octanol–water partition coefficient (Wildman–Crippen LogP) is 5.68. The second kappa shape index (κ2) is 7.10. The smallest absolute Gasteiger partial charge is 0.226 e. The summed E-state index contributed by atoms with van der Waals surface area (Å²) >= 11 is 6.89. The summed E-state index contributed by atoms with van der Waals surface area (Å²) in [5.41, 5.74) is 2.51. The average molecular weight is 388 g/mol. The number of hydrogen-bond donors (Lipinski definition) is 1. The first-order chi connectivity index (χ1) is 12.8. The number of halogens is 1. The zero-order valence-electron chi connectivity index (χ0n) is 17.1. The van der Waals surface area contributed by atoms with Gasteiger partial charge in [0.05, 0.1) is 5.41 Å². The number of amides is 1. The Bertz CT molecular complexity index is 681. The molecule has 0 aromatic heterocycles. The van der Waals surface area contributed by atoms with E-state index in [0.29, 0.717) is 30.2 Å². The maximum Gasteiger partial charge on any atom is 0.226 e. The summed E-state index contributed by atoms with van der Waals surface area (Å²) in [6, 6.07) is 8.94. The van der Waals surface area contributed by atoms with Crippen molar-refractivity contribution in [1.82, 2.24) is 5.32 Å². The summed E-state index contributed by atoms with van der Waals surface area (Å²) in [4.78, 5) is 13.1. The number of carbonyl (C=O) groups is 1. The van der Waals surface area contributed by atoms with E-state index in [0.717, 1.165) is 38.5 Å². The molecule has 5 rings (SSSR count). The zero-order valence-corrected chi connectivity index (χ0v) is 17.8. The molecule has 4 bridgehead atoms. The molecule has 0 radical (unpaired) electrons. The van der Waals surface area contributed by atoms with Crippen LogP contribution in [0.1, 0.15) is 76.3 Å². The van der Waals surface area contributed by atoms with Gasteiger partial charge in [0.2, 0.25) is 5.91 Å². The summed E-state index contributed by atoms with van der Waals surface area (Å²) in [6.07, 6.45) is 7.67. The molecule has 1 aromatic rings. The maximum absolute atomic E-state index is 13.2. The molecule has 0 heterocycles. The molecule has 2 unspecified atom stereocenters. The average Bonchev–Trinajstić information content (AvgIpc) is 2.57. The second-order valence-corrected chi connectivity index (χ2v) is 11.1. The molecule has 0 aliphatic heterocycles. The standard InChI is InChI=1S/C24H34ClNO/c1-16(2)8-18-4-6-21(7-5-18)17(3)14-26-22(27)23-10-19-9-20(11-23)13-24(25,12-19)15-23/h4-7,16-17,19-20H,8-15H2,1-3H3,(H,26,27)/t17-,19-,20+,23?,24?/m1/s1. The number of benzene rings is 1. The van der Waals surface area contributed by atoms with Gasteiger partial charge in [-0.15, -0.1) is 11.6 Å². The van der Waals surface area contributed by atoms with Crippen LogP contribution in [0, 0.1) is 23.2 Å². The van der Waals surface area contributed by atoms with Crippen molar-refractivity contribution in [2.45, 2.75) is 76.5 Å². The van der Waals surface area contributed by atoms with E-state index < -0.39 is 0 Å². The van der Waals surface area contributed by atoms with Crippen molar-refractivity contribution in [1.29, 1.82) is 0 Å². The van der Waals surface area contributed by atoms with E-state index >= 15 is 0 Å². The lowest BCUT2D eigenvalue weighted by atomic mass is 9.49. The molecule has 1 amide bonds. The molecule has 0 saturated heterocycles. The summed E-state index contributed by atoms with van der Waals surface area (Å²) in [5, 5.41) is 3.30. The Balaban J connectivity index is 1.36. The normalized spacial score (nSPS) is 35.4. The predicted molar refractivity (Wildman–Crippen MR) is 112 cm³/mol. The third-order valence-corrected chi connectivity index (χ3v) is 7.68. The lowest BCUT2D eigenvalue weighted by molar-refractivity contribution is -0.144. The summed E-state index contributed by atoms with van der Waals surface area (Å²) < 4.78 is 0. The summed E-state index contributed by atoms with van der Waals surface area (Å²) in [6.45, 7) is 7.43. The molecular weight excluding hydrogens is 354 g/mol. The second-order valence-electron chi connectivity index (χ2n) is 10.3. The van der Waals surface area contributed by atoms with E-state index in [2.05, 4.69) is 50.4 Å². The molecule has 5 atom stereocenters. The highest BCUT2D eigenvalue weighted by Crippen LogP contribution is 2.63. The van der Waals surface area contributed by atoms with E-state index in [1.165, 1.54) is 17.5 Å². The van der Waals surface area contributed by atoms with E-state index in [9.17, 15) is 4.79 Å². The van der Waals surface area contributed by atoms with Crippen molar-refractivity contribution in [3.05, 3.63) is 35.4 Å². The van der Waals surface area contributed by atoms with Crippen LogP contribution >= 0.6 is 11.6 Å². The minimum Gasteiger partial charge on any atom is -0.355 e. The summed E-state index contributed by atoms with van der Waals surface area (Å²) in [5.74, 6) is 2.62. The van der Waals surface area contributed by atoms with Crippen LogP contribution in [0.2, 0.25) is 0 Å². The highest BCUT2D eigenvalue weighted by molar-refractivity contribution is 6.24. The van der Waals surface area contributed by atoms with Crippen molar-refractivity contribution in [2.75, 3.05) is 6.54 Å². The van der Waals surface area contributed by atoms with Crippen LogP contribution in [0.5, 0.6) is 0 Å². The Morgan fingerprint density at radius 1 is 1.11 bits per heavy atom. The third kappa shape index (κ3) is 3.92. The fraction of sp³-hybridized carbons (Fsp3) is 0.708. The van der Waals surface area contributed by atoms with Gasteiger partial charge >= 0.3 is 0 Å². The highest BCUT2D eigenvalue weighted by Gasteiger charge is 2.59. The van der Waals surface area contributed by atoms with E-state index in [4.69, 9.17) is 11.6 Å². The van der Waals surface area contributed by atoms with Crippen LogP contribution in [0.4, 0.5) is 0 Å². The fourth-order valence-electron chi connectivity index (χ4n) is 6.42. The van der Waals surface area contributed by atoms with Crippen LogP contribution in [-0.2, 0) is 11.2 Å². The molecular formula is C24H34ClNO. The van der Waals surface area contributed by atoms with E-state index in [1.807, 2.05) is 0 Å². The van der Waals surface area contributed by atoms with Gasteiger partial charge < -0.3 is 5.32 Å². The largest absolute Gasteiger partial charge is 0.355 e. The first kappa shape index (κ1) is 19.3. The van der Waals surface area contributed by atoms with Gasteiger partial charge in [0.25, 0.3) is 0 Å². The van der Waals surface area contributed by atoms with Crippen LogP contribution in [0.15, 0.2) is 24.3 Å². The minimum absolute atomic E-state index is 0.0979. The van der Waals surface area contributed by atoms with Gasteiger partial charge in [-0.3, -0.25) is 4.79 Å². The van der Waals surface area contributed by atoms with Crippen molar-refractivity contribution in [3.8, 4) is 0 Å². The van der Waals surface area contributed by atoms with E-state index in [-0.39, 0.29) is 16.2 Å². The lowest BCUT2D eigenvalue weighted by Gasteiger charge is -2.59. The first-order valence-corrected chi connectivity index (χ1v) is 11.2. The molecule has 4 aliphatic rings. The van der Waals surface area contributed by atoms with Gasteiger partial charge in [0.1, 0.15) is 0 Å². The molecule has 27 heavy (non-hydrogen) atoms. The number of nitrogens with one attached hydrogen (secondary N) is 1. The third-order valence-electron chi connectivity index (χ3n) is 7.23. The Morgan fingerprint density at radius 2 is 1.74 bits per heavy atom. The quantitative estimate of drug-likeness (QED) is 0.625. The van der Waals surface area contributed by atoms with Crippen molar-refractivity contribution < 1.29 is 4.79 Å². The van der Waals surface area contributed by atoms with Crippen LogP contribution in [-0.4, -0.2) is 17.3 Å². The van der Waals surface area contributed by atoms with Gasteiger partial charge in [0, 0.05) is 11.4 Å². The maximum atomic E-state index is 13.2. The lowest BCUT2D eigenvalue weighted by Crippen LogP contribution is -2.58. The van der Waals surface area contributed by atoms with Gasteiger partial charge in [-0.2, -0.15) is 0 Å². The van der Waals surface area contributed by atoms with Gasteiger partial charge in [-0.1, -0.05) is 45.0 Å². The number of alkyl halides is 1. The van der Waals surface area contributed by atoms with Gasteiger partial charge in [0.15, 0.2) is 0 Å². The zero-order chi connectivity index (χ0) is 19.2. The molecule has 2 nitrogen and oxygen atoms in total. The molecule has 4 fully saturated rings. The van der Waals surface area contributed by atoms with Gasteiger partial charge in [-0.05, 0) is 79.7 Å². The first-order valence-electron chi connectivity index (χ1n) is 10.8. The van der Waals surface area contributed by atoms with E-state index in [1.54, 1.807) is 0 Å². The Hall–Kier alpha value is -1.02. The fourth-order valence-corrected chi connectivity index (χ4v) is 7.11. The Labute approximate surface area is 169 Å². The molecule has 4 saturated carbocycles. The highest BCUT2D eigenvalue weighted by atomic mass is 35.5. The number of carbonyl (C=O) groups excluding carboxylic acids is 1. The molecule has 1 N–H and O–H groups in total. The summed E-state index contributed by atoms with van der Waals surface area (Å²) in [7, 11) is 0. The van der Waals surface area contributed by atoms with Crippen LogP contribution in [0.3, 0.4) is 0 Å². The molecule has 4 aliphatic carbocycles. The van der Waals surface area contributed by atoms with Crippen LogP contribution < -0.4 is 5.32 Å². The monoisotopic (exact) mass is 387 g/mol. The topological polar surface area (TPSA) is 29.1 Å². The molecule has 0 spiro atoms.